The highest BCUT2D eigenvalue weighted by Crippen LogP contribution is 2.49. The smallest absolute Gasteiger partial charge is 0.366 e. The summed E-state index contributed by atoms with van der Waals surface area (Å²) in [6, 6.07) is 10.9. The van der Waals surface area contributed by atoms with Gasteiger partial charge in [-0.15, -0.1) is 0 Å². The average Bonchev–Trinajstić information content (AvgIpc) is 3.56. The molecule has 0 bridgehead atoms. The van der Waals surface area contributed by atoms with E-state index in [1.54, 1.807) is 35.1 Å². The van der Waals surface area contributed by atoms with E-state index in [0.29, 0.717) is 11.9 Å². The Morgan fingerprint density at radius 1 is 0.974 bits per heavy atom. The molecule has 0 aliphatic heterocycles. The van der Waals surface area contributed by atoms with Crippen molar-refractivity contribution >= 4 is 27.0 Å². The van der Waals surface area contributed by atoms with Crippen LogP contribution in [0, 0.1) is 0 Å². The monoisotopic (exact) mass is 569 g/mol. The number of carbonyl (C=O) groups is 1. The third kappa shape index (κ3) is 4.61. The number of nitrogens with one attached hydrogen (secondary N) is 1. The predicted octanol–water partition coefficient (Wildman–Crippen LogP) is 4.58. The van der Waals surface area contributed by atoms with Crippen molar-refractivity contribution in [2.45, 2.75) is 35.6 Å². The van der Waals surface area contributed by atoms with E-state index in [9.17, 15) is 39.6 Å². The number of amides is 1. The predicted molar refractivity (Wildman–Crippen MR) is 126 cm³/mol. The lowest BCUT2D eigenvalue weighted by molar-refractivity contribution is -0.160. The number of alkyl halides is 6. The van der Waals surface area contributed by atoms with Crippen LogP contribution in [0.2, 0.25) is 0 Å². The van der Waals surface area contributed by atoms with Crippen molar-refractivity contribution in [3.63, 3.8) is 0 Å². The molecule has 15 heteroatoms. The number of nitrogens with zero attached hydrogens (tertiary/aromatic N) is 3. The second-order valence-electron chi connectivity index (χ2n) is 8.92. The number of hydrogen-bond acceptors (Lipinski definition) is 5. The van der Waals surface area contributed by atoms with Crippen LogP contribution >= 0.6 is 0 Å². The Balaban J connectivity index is 1.69. The molecule has 0 spiro atoms. The third-order valence-corrected chi connectivity index (χ3v) is 7.83. The van der Waals surface area contributed by atoms with Gasteiger partial charge in [-0.2, -0.15) is 31.1 Å². The highest BCUT2D eigenvalue weighted by atomic mass is 32.2. The molecule has 3 N–H and O–H groups in total. The molecule has 1 amide bonds. The number of para-hydroxylation sites is 1. The molecule has 0 unspecified atom stereocenters. The largest absolute Gasteiger partial charge is 0.417 e. The first-order valence-corrected chi connectivity index (χ1v) is 12.7. The number of rotatable bonds is 6. The lowest BCUT2D eigenvalue weighted by Gasteiger charge is -2.20. The topological polar surface area (TPSA) is 120 Å². The highest BCUT2D eigenvalue weighted by molar-refractivity contribution is 7.89. The van der Waals surface area contributed by atoms with Crippen LogP contribution in [0.15, 0.2) is 65.8 Å². The van der Waals surface area contributed by atoms with Gasteiger partial charge in [0.05, 0.1) is 22.5 Å². The summed E-state index contributed by atoms with van der Waals surface area (Å²) in [6.45, 7) is 0. The average molecular weight is 569 g/mol. The highest BCUT2D eigenvalue weighted by Gasteiger charge is 2.65. The Kier molecular flexibility index (Phi) is 5.99. The van der Waals surface area contributed by atoms with Gasteiger partial charge in [0.15, 0.2) is 0 Å². The molecule has 204 valence electrons. The van der Waals surface area contributed by atoms with Crippen molar-refractivity contribution in [3.8, 4) is 17.1 Å². The number of carbonyl (C=O) groups excluding carboxylic acids is 1. The molecule has 0 atom stereocenters. The van der Waals surface area contributed by atoms with Crippen molar-refractivity contribution in [1.82, 2.24) is 19.3 Å². The van der Waals surface area contributed by atoms with Gasteiger partial charge < -0.3 is 5.73 Å². The molecule has 5 rings (SSSR count). The molecule has 0 saturated heterocycles. The number of halogens is 6. The summed E-state index contributed by atoms with van der Waals surface area (Å²) in [5.41, 5.74) is 1.69. The van der Waals surface area contributed by atoms with Gasteiger partial charge in [0.1, 0.15) is 16.1 Å². The van der Waals surface area contributed by atoms with Crippen molar-refractivity contribution < 1.29 is 39.6 Å². The molecule has 4 aromatic rings. The molecule has 1 aliphatic carbocycles. The molecule has 39 heavy (non-hydrogen) atoms. The molecule has 3 heterocycles. The minimum atomic E-state index is -4.79. The van der Waals surface area contributed by atoms with Crippen LogP contribution in [0.4, 0.5) is 26.3 Å². The van der Waals surface area contributed by atoms with Crippen LogP contribution in [-0.4, -0.2) is 40.6 Å². The first-order chi connectivity index (χ1) is 18.1. The Morgan fingerprint density at radius 3 is 2.15 bits per heavy atom. The van der Waals surface area contributed by atoms with Gasteiger partial charge in [-0.05, 0) is 43.2 Å². The summed E-state index contributed by atoms with van der Waals surface area (Å²) in [5, 5.41) is -0.225. The van der Waals surface area contributed by atoms with Crippen LogP contribution in [0.3, 0.4) is 0 Å². The van der Waals surface area contributed by atoms with E-state index in [-0.39, 0.29) is 28.0 Å². The van der Waals surface area contributed by atoms with Gasteiger partial charge in [0.25, 0.3) is 5.91 Å². The Bertz CT molecular complexity index is 1690. The van der Waals surface area contributed by atoms with Crippen LogP contribution in [-0.2, 0) is 16.2 Å². The van der Waals surface area contributed by atoms with E-state index in [0.717, 1.165) is 24.4 Å². The lowest BCUT2D eigenvalue weighted by atomic mass is 10.1. The zero-order chi connectivity index (χ0) is 28.4. The van der Waals surface area contributed by atoms with Crippen molar-refractivity contribution in [1.29, 1.82) is 0 Å². The molecular weight excluding hydrogens is 552 g/mol. The minimum Gasteiger partial charge on any atom is -0.366 e. The second kappa shape index (κ2) is 8.77. The molecule has 1 aromatic carbocycles. The molecule has 8 nitrogen and oxygen atoms in total. The van der Waals surface area contributed by atoms with E-state index in [1.165, 1.54) is 4.57 Å². The number of sulfonamides is 1. The Morgan fingerprint density at radius 2 is 1.64 bits per heavy atom. The summed E-state index contributed by atoms with van der Waals surface area (Å²) in [7, 11) is -4.64. The number of nitrogens with two attached hydrogens (primary N) is 1. The van der Waals surface area contributed by atoms with Crippen LogP contribution < -0.4 is 10.5 Å². The molecule has 3 aromatic heterocycles. The summed E-state index contributed by atoms with van der Waals surface area (Å²) in [4.78, 5) is 20.0. The van der Waals surface area contributed by atoms with Gasteiger partial charge in [-0.25, -0.2) is 13.4 Å². The zero-order valence-electron chi connectivity index (χ0n) is 19.5. The quantitative estimate of drug-likeness (QED) is 0.330. The van der Waals surface area contributed by atoms with E-state index in [4.69, 9.17) is 5.73 Å². The normalized spacial score (nSPS) is 15.4. The lowest BCUT2D eigenvalue weighted by Crippen LogP contribution is -2.47. The summed E-state index contributed by atoms with van der Waals surface area (Å²) in [6.07, 6.45) is -9.00. The fourth-order valence-electron chi connectivity index (χ4n) is 4.20. The third-order valence-electron chi connectivity index (χ3n) is 6.31. The molecule has 0 radical (unpaired) electrons. The standard InChI is InChI=1S/C24H17F6N5O3S/c25-23(26,27)13-10-16-18(20(31)36)19(35(21(16)33-11-13)14-4-2-1-3-5-14)17-7-6-15(12-32-17)39(37,38)34-22(8-9-22)24(28,29)30/h1-7,10-12,34H,8-9H2,(H2,31,36). The van der Waals surface area contributed by atoms with Gasteiger partial charge in [0, 0.05) is 23.5 Å². The maximum atomic E-state index is 13.4. The maximum Gasteiger partial charge on any atom is 0.417 e. The second-order valence-corrected chi connectivity index (χ2v) is 10.6. The van der Waals surface area contributed by atoms with Gasteiger partial charge in [0.2, 0.25) is 10.0 Å². The van der Waals surface area contributed by atoms with Gasteiger partial charge >= 0.3 is 12.4 Å². The molecule has 1 aliphatic rings. The first kappa shape index (κ1) is 26.6. The maximum absolute atomic E-state index is 13.4. The summed E-state index contributed by atoms with van der Waals surface area (Å²) < 4.78 is 109. The van der Waals surface area contributed by atoms with E-state index in [1.807, 2.05) is 0 Å². The molecular formula is C24H17F6N5O3S. The fourth-order valence-corrected chi connectivity index (χ4v) is 5.60. The van der Waals surface area contributed by atoms with Crippen molar-refractivity contribution in [2.75, 3.05) is 0 Å². The van der Waals surface area contributed by atoms with E-state index in [2.05, 4.69) is 9.97 Å². The first-order valence-electron chi connectivity index (χ1n) is 11.2. The minimum absolute atomic E-state index is 0.0565. The number of fused-ring (bicyclic) bond motifs is 1. The number of aromatic nitrogens is 3. The Labute approximate surface area is 216 Å². The van der Waals surface area contributed by atoms with Crippen LogP contribution in [0.5, 0.6) is 0 Å². The van der Waals surface area contributed by atoms with Gasteiger partial charge in [-0.1, -0.05) is 18.2 Å². The number of benzene rings is 1. The molecule has 1 saturated carbocycles. The van der Waals surface area contributed by atoms with Crippen molar-refractivity contribution in [3.05, 3.63) is 72.1 Å². The van der Waals surface area contributed by atoms with Crippen LogP contribution in [0.1, 0.15) is 28.8 Å². The summed E-state index contributed by atoms with van der Waals surface area (Å²) in [5.74, 6) is -1.10. The SMILES string of the molecule is NC(=O)c1c(-c2ccc(S(=O)(=O)NC3(C(F)(F)F)CC3)cn2)n(-c2ccccc2)c2ncc(C(F)(F)F)cc12. The number of hydrogen-bond donors (Lipinski definition) is 2. The van der Waals surface area contributed by atoms with E-state index < -0.39 is 57.1 Å². The van der Waals surface area contributed by atoms with Crippen molar-refractivity contribution in [2.24, 2.45) is 5.73 Å². The summed E-state index contributed by atoms with van der Waals surface area (Å²) >= 11 is 0. The number of primary amides is 1. The Hall–Kier alpha value is -3.98. The fraction of sp³-hybridized carbons (Fsp3) is 0.208. The van der Waals surface area contributed by atoms with Gasteiger partial charge in [-0.3, -0.25) is 14.3 Å². The zero-order valence-corrected chi connectivity index (χ0v) is 20.3. The van der Waals surface area contributed by atoms with E-state index >= 15 is 0 Å². The number of pyridine rings is 2. The van der Waals surface area contributed by atoms with Crippen LogP contribution in [0.25, 0.3) is 28.1 Å². The molecule has 1 fully saturated rings.